The van der Waals surface area contributed by atoms with Gasteiger partial charge in [0.1, 0.15) is 0 Å². The first-order valence-corrected chi connectivity index (χ1v) is 5.24. The largest absolute Gasteiger partial charge is 0.490 e. The van der Waals surface area contributed by atoms with Gasteiger partial charge >= 0.3 is 0 Å². The Morgan fingerprint density at radius 3 is 2.94 bits per heavy atom. The Kier molecular flexibility index (Phi) is 3.32. The van der Waals surface area contributed by atoms with Crippen LogP contribution in [0.25, 0.3) is 0 Å². The average molecular weight is 221 g/mol. The van der Waals surface area contributed by atoms with Crippen LogP contribution >= 0.6 is 0 Å². The number of hydrogen-bond acceptors (Lipinski definition) is 3. The van der Waals surface area contributed by atoms with Gasteiger partial charge in [0.25, 0.3) is 0 Å². The van der Waals surface area contributed by atoms with Gasteiger partial charge in [-0.1, -0.05) is 6.07 Å². The lowest BCUT2D eigenvalue weighted by Crippen LogP contribution is -2.01. The van der Waals surface area contributed by atoms with Crippen LogP contribution in [0.1, 0.15) is 18.4 Å². The number of isocyanates is 1. The van der Waals surface area contributed by atoms with Gasteiger partial charge in [-0.25, -0.2) is 14.2 Å². The van der Waals surface area contributed by atoms with Crippen LogP contribution in [0.4, 0.5) is 4.39 Å². The quantitative estimate of drug-likeness (QED) is 0.566. The highest BCUT2D eigenvalue weighted by atomic mass is 19.1. The van der Waals surface area contributed by atoms with E-state index < -0.39 is 5.82 Å². The Morgan fingerprint density at radius 1 is 1.50 bits per heavy atom. The number of aliphatic imine (C=N–C) groups is 1. The lowest BCUT2D eigenvalue weighted by molar-refractivity contribution is 0.285. The summed E-state index contributed by atoms with van der Waals surface area (Å²) in [7, 11) is 0. The summed E-state index contributed by atoms with van der Waals surface area (Å²) in [6.45, 7) is 0.742. The molecule has 0 amide bonds. The van der Waals surface area contributed by atoms with E-state index in [1.54, 1.807) is 12.1 Å². The molecular weight excluding hydrogens is 209 g/mol. The van der Waals surface area contributed by atoms with Crippen LogP contribution in [0.2, 0.25) is 0 Å². The first kappa shape index (κ1) is 10.8. The highest BCUT2D eigenvalue weighted by molar-refractivity contribution is 5.35. The van der Waals surface area contributed by atoms with E-state index in [1.807, 2.05) is 0 Å². The van der Waals surface area contributed by atoms with Crippen molar-refractivity contribution in [1.29, 1.82) is 0 Å². The number of rotatable bonds is 5. The molecule has 0 saturated heterocycles. The molecule has 0 radical (unpaired) electrons. The fraction of sp³-hybridized carbons (Fsp3) is 0.417. The van der Waals surface area contributed by atoms with E-state index in [0.29, 0.717) is 18.1 Å². The Balaban J connectivity index is 1.99. The van der Waals surface area contributed by atoms with Gasteiger partial charge in [-0.15, -0.1) is 0 Å². The molecule has 0 N–H and O–H groups in total. The SMILES string of the molecule is O=C=NCc1ccc(OCC2CC2)c(F)c1. The van der Waals surface area contributed by atoms with E-state index in [-0.39, 0.29) is 12.3 Å². The van der Waals surface area contributed by atoms with Crippen LogP contribution in [0.15, 0.2) is 23.2 Å². The van der Waals surface area contributed by atoms with Gasteiger partial charge in [-0.2, -0.15) is 0 Å². The monoisotopic (exact) mass is 221 g/mol. The third-order valence-corrected chi connectivity index (χ3v) is 2.49. The van der Waals surface area contributed by atoms with E-state index in [9.17, 15) is 9.18 Å². The molecule has 0 atom stereocenters. The van der Waals surface area contributed by atoms with Crippen molar-refractivity contribution in [3.8, 4) is 5.75 Å². The van der Waals surface area contributed by atoms with Crippen LogP contribution in [-0.2, 0) is 11.3 Å². The van der Waals surface area contributed by atoms with Gasteiger partial charge in [0.15, 0.2) is 11.6 Å². The molecule has 1 aliphatic rings. The Labute approximate surface area is 93.0 Å². The highest BCUT2D eigenvalue weighted by Gasteiger charge is 2.22. The normalized spacial score (nSPS) is 14.3. The number of hydrogen-bond donors (Lipinski definition) is 0. The van der Waals surface area contributed by atoms with Crippen molar-refractivity contribution in [3.63, 3.8) is 0 Å². The second-order valence-electron chi connectivity index (χ2n) is 3.93. The summed E-state index contributed by atoms with van der Waals surface area (Å²) >= 11 is 0. The summed E-state index contributed by atoms with van der Waals surface area (Å²) in [6.07, 6.45) is 3.77. The zero-order valence-corrected chi connectivity index (χ0v) is 8.78. The minimum absolute atomic E-state index is 0.156. The standard InChI is InChI=1S/C12H12FNO2/c13-11-5-10(6-14-8-15)3-4-12(11)16-7-9-1-2-9/h3-5,9H,1-2,6-7H2. The maximum Gasteiger partial charge on any atom is 0.235 e. The fourth-order valence-electron chi connectivity index (χ4n) is 1.38. The van der Waals surface area contributed by atoms with E-state index in [1.165, 1.54) is 25.0 Å². The number of carbonyl (C=O) groups excluding carboxylic acids is 1. The second kappa shape index (κ2) is 4.90. The molecule has 1 fully saturated rings. The predicted octanol–water partition coefficient (Wildman–Crippen LogP) is 2.45. The zero-order valence-electron chi connectivity index (χ0n) is 8.78. The highest BCUT2D eigenvalue weighted by Crippen LogP contribution is 2.30. The lowest BCUT2D eigenvalue weighted by atomic mass is 10.2. The summed E-state index contributed by atoms with van der Waals surface area (Å²) in [5, 5.41) is 0. The lowest BCUT2D eigenvalue weighted by Gasteiger charge is -2.06. The van der Waals surface area contributed by atoms with Crippen LogP contribution in [0.5, 0.6) is 5.75 Å². The smallest absolute Gasteiger partial charge is 0.235 e. The van der Waals surface area contributed by atoms with Gasteiger partial charge in [0.05, 0.1) is 13.2 Å². The maximum atomic E-state index is 13.5. The molecule has 0 aromatic heterocycles. The Morgan fingerprint density at radius 2 is 2.31 bits per heavy atom. The summed E-state index contributed by atoms with van der Waals surface area (Å²) in [5.74, 6) is 0.462. The van der Waals surface area contributed by atoms with Crippen LogP contribution in [-0.4, -0.2) is 12.7 Å². The third kappa shape index (κ3) is 2.91. The van der Waals surface area contributed by atoms with E-state index in [0.717, 1.165) is 0 Å². The molecule has 1 aromatic rings. The second-order valence-corrected chi connectivity index (χ2v) is 3.93. The minimum atomic E-state index is -0.403. The summed E-state index contributed by atoms with van der Waals surface area (Å²) < 4.78 is 18.8. The van der Waals surface area contributed by atoms with Crippen molar-refractivity contribution in [3.05, 3.63) is 29.6 Å². The topological polar surface area (TPSA) is 38.7 Å². The molecule has 1 aliphatic carbocycles. The number of halogens is 1. The van der Waals surface area contributed by atoms with Crippen LogP contribution in [0.3, 0.4) is 0 Å². The maximum absolute atomic E-state index is 13.5. The molecule has 4 heteroatoms. The molecule has 84 valence electrons. The van der Waals surface area contributed by atoms with Crippen molar-refractivity contribution in [2.24, 2.45) is 10.9 Å². The molecule has 0 heterocycles. The van der Waals surface area contributed by atoms with Crippen molar-refractivity contribution in [1.82, 2.24) is 0 Å². The first-order chi connectivity index (χ1) is 7.79. The summed E-state index contributed by atoms with van der Waals surface area (Å²) in [6, 6.07) is 4.61. The molecule has 16 heavy (non-hydrogen) atoms. The minimum Gasteiger partial charge on any atom is -0.490 e. The molecular formula is C12H12FNO2. The van der Waals surface area contributed by atoms with Gasteiger partial charge in [-0.05, 0) is 36.5 Å². The van der Waals surface area contributed by atoms with E-state index >= 15 is 0 Å². The van der Waals surface area contributed by atoms with Crippen molar-refractivity contribution in [2.45, 2.75) is 19.4 Å². The number of benzene rings is 1. The van der Waals surface area contributed by atoms with Crippen molar-refractivity contribution >= 4 is 6.08 Å². The molecule has 0 unspecified atom stereocenters. The summed E-state index contributed by atoms with van der Waals surface area (Å²) in [5.41, 5.74) is 0.639. The Bertz CT molecular complexity index is 423. The molecule has 1 aromatic carbocycles. The van der Waals surface area contributed by atoms with Crippen LogP contribution < -0.4 is 4.74 Å². The van der Waals surface area contributed by atoms with Gasteiger partial charge in [0.2, 0.25) is 6.08 Å². The zero-order chi connectivity index (χ0) is 11.4. The van der Waals surface area contributed by atoms with Crippen molar-refractivity contribution < 1.29 is 13.9 Å². The fourth-order valence-corrected chi connectivity index (χ4v) is 1.38. The number of nitrogens with zero attached hydrogens (tertiary/aromatic N) is 1. The van der Waals surface area contributed by atoms with E-state index in [2.05, 4.69) is 4.99 Å². The number of ether oxygens (including phenoxy) is 1. The van der Waals surface area contributed by atoms with Crippen molar-refractivity contribution in [2.75, 3.05) is 6.61 Å². The Hall–Kier alpha value is -1.67. The molecule has 3 nitrogen and oxygen atoms in total. The molecule has 0 aliphatic heterocycles. The van der Waals surface area contributed by atoms with Gasteiger partial charge in [0, 0.05) is 0 Å². The average Bonchev–Trinajstić information content (AvgIpc) is 3.09. The van der Waals surface area contributed by atoms with Gasteiger partial charge in [-0.3, -0.25) is 0 Å². The summed E-state index contributed by atoms with van der Waals surface area (Å²) in [4.78, 5) is 13.3. The third-order valence-electron chi connectivity index (χ3n) is 2.49. The van der Waals surface area contributed by atoms with E-state index in [4.69, 9.17) is 4.74 Å². The molecule has 2 rings (SSSR count). The molecule has 1 saturated carbocycles. The molecule has 0 bridgehead atoms. The van der Waals surface area contributed by atoms with Gasteiger partial charge < -0.3 is 4.74 Å². The first-order valence-electron chi connectivity index (χ1n) is 5.24. The van der Waals surface area contributed by atoms with Crippen LogP contribution in [0, 0.1) is 11.7 Å². The molecule has 0 spiro atoms. The predicted molar refractivity (Wildman–Crippen MR) is 56.4 cm³/mol.